The van der Waals surface area contributed by atoms with Crippen molar-refractivity contribution in [3.8, 4) is 11.4 Å². The van der Waals surface area contributed by atoms with Crippen LogP contribution < -0.4 is 5.32 Å². The van der Waals surface area contributed by atoms with E-state index in [2.05, 4.69) is 25.5 Å². The molecule has 92 valence electrons. The zero-order chi connectivity index (χ0) is 12.5. The summed E-state index contributed by atoms with van der Waals surface area (Å²) in [5.74, 6) is 0.567. The molecule has 1 aliphatic carbocycles. The van der Waals surface area contributed by atoms with E-state index in [1.54, 1.807) is 7.05 Å². The summed E-state index contributed by atoms with van der Waals surface area (Å²) in [5.41, 5.74) is 4.21. The lowest BCUT2D eigenvalue weighted by atomic mass is 10.1. The van der Waals surface area contributed by atoms with E-state index in [4.69, 9.17) is 0 Å². The Bertz CT molecular complexity index is 605. The summed E-state index contributed by atoms with van der Waals surface area (Å²) in [7, 11) is 1.78. The minimum Gasteiger partial charge on any atom is -0.357 e. The van der Waals surface area contributed by atoms with Gasteiger partial charge in [0.15, 0.2) is 6.29 Å². The number of anilines is 1. The van der Waals surface area contributed by atoms with Gasteiger partial charge in [0, 0.05) is 18.8 Å². The molecule has 0 aromatic carbocycles. The fourth-order valence-corrected chi connectivity index (χ4v) is 2.30. The first-order valence-corrected chi connectivity index (χ1v) is 5.90. The summed E-state index contributed by atoms with van der Waals surface area (Å²) in [4.78, 5) is 19.7. The monoisotopic (exact) mass is 243 g/mol. The van der Waals surface area contributed by atoms with Gasteiger partial charge in [-0.2, -0.15) is 5.10 Å². The highest BCUT2D eigenvalue weighted by Crippen LogP contribution is 2.30. The van der Waals surface area contributed by atoms with Gasteiger partial charge < -0.3 is 5.32 Å². The number of carbonyl (C=O) groups is 1. The fourth-order valence-electron chi connectivity index (χ4n) is 2.30. The number of aldehydes is 1. The molecule has 2 aromatic heterocycles. The maximum absolute atomic E-state index is 11.0. The van der Waals surface area contributed by atoms with Crippen LogP contribution in [0.5, 0.6) is 0 Å². The highest BCUT2D eigenvalue weighted by atomic mass is 16.1. The van der Waals surface area contributed by atoms with Gasteiger partial charge in [0.25, 0.3) is 0 Å². The van der Waals surface area contributed by atoms with Crippen LogP contribution in [0.15, 0.2) is 6.20 Å². The number of nitrogens with zero attached hydrogens (tertiary/aromatic N) is 3. The molecule has 3 rings (SSSR count). The molecule has 0 bridgehead atoms. The van der Waals surface area contributed by atoms with Crippen LogP contribution in [-0.2, 0) is 12.8 Å². The van der Waals surface area contributed by atoms with E-state index in [1.165, 1.54) is 0 Å². The number of fused-ring (bicyclic) bond motifs is 3. The van der Waals surface area contributed by atoms with Gasteiger partial charge in [-0.15, -0.1) is 0 Å². The van der Waals surface area contributed by atoms with Gasteiger partial charge in [-0.3, -0.25) is 9.89 Å². The van der Waals surface area contributed by atoms with Crippen molar-refractivity contribution in [3.05, 3.63) is 23.0 Å². The van der Waals surface area contributed by atoms with E-state index in [1.807, 2.05) is 6.20 Å². The maximum atomic E-state index is 11.0. The van der Waals surface area contributed by atoms with Crippen LogP contribution in [0.1, 0.15) is 28.0 Å². The number of aromatic amines is 1. The first kappa shape index (κ1) is 10.9. The molecule has 6 heteroatoms. The molecule has 0 spiro atoms. The van der Waals surface area contributed by atoms with Crippen LogP contribution in [0.4, 0.5) is 5.95 Å². The average molecular weight is 243 g/mol. The highest BCUT2D eigenvalue weighted by Gasteiger charge is 2.22. The molecule has 0 atom stereocenters. The molecule has 0 aliphatic heterocycles. The number of H-pyrrole nitrogens is 1. The second-order valence-corrected chi connectivity index (χ2v) is 4.25. The molecule has 2 N–H and O–H groups in total. The summed E-state index contributed by atoms with van der Waals surface area (Å²) in [6, 6.07) is 0. The first-order valence-electron chi connectivity index (χ1n) is 5.90. The van der Waals surface area contributed by atoms with Crippen molar-refractivity contribution in [1.82, 2.24) is 20.2 Å². The Hall–Kier alpha value is -2.24. The van der Waals surface area contributed by atoms with Crippen molar-refractivity contribution >= 4 is 12.2 Å². The normalized spacial score (nSPS) is 13.4. The van der Waals surface area contributed by atoms with Crippen LogP contribution in [0, 0.1) is 0 Å². The molecule has 1 aliphatic rings. The molecule has 18 heavy (non-hydrogen) atoms. The zero-order valence-electron chi connectivity index (χ0n) is 10.0. The van der Waals surface area contributed by atoms with E-state index in [9.17, 15) is 4.79 Å². The fraction of sp³-hybridized carbons (Fsp3) is 0.333. The largest absolute Gasteiger partial charge is 0.357 e. The van der Waals surface area contributed by atoms with Gasteiger partial charge in [-0.05, 0) is 24.8 Å². The lowest BCUT2D eigenvalue weighted by molar-refractivity contribution is 0.111. The van der Waals surface area contributed by atoms with E-state index in [0.717, 1.165) is 48.1 Å². The molecule has 0 amide bonds. The summed E-state index contributed by atoms with van der Waals surface area (Å²) < 4.78 is 0. The van der Waals surface area contributed by atoms with Crippen molar-refractivity contribution in [1.29, 1.82) is 0 Å². The predicted octanol–water partition coefficient (Wildman–Crippen LogP) is 1.21. The highest BCUT2D eigenvalue weighted by molar-refractivity contribution is 5.79. The molecular weight excluding hydrogens is 230 g/mol. The Balaban J connectivity index is 2.22. The number of aryl methyl sites for hydroxylation is 1. The quantitative estimate of drug-likeness (QED) is 0.774. The molecule has 0 fully saturated rings. The lowest BCUT2D eigenvalue weighted by Gasteiger charge is -2.05. The van der Waals surface area contributed by atoms with E-state index in [0.29, 0.717) is 11.6 Å². The van der Waals surface area contributed by atoms with Crippen LogP contribution >= 0.6 is 0 Å². The summed E-state index contributed by atoms with van der Waals surface area (Å²) in [5, 5.41) is 9.92. The molecule has 6 nitrogen and oxygen atoms in total. The third kappa shape index (κ3) is 1.57. The first-order chi connectivity index (χ1) is 8.83. The molecule has 0 radical (unpaired) electrons. The Morgan fingerprint density at radius 2 is 2.28 bits per heavy atom. The van der Waals surface area contributed by atoms with Crippen LogP contribution in [0.2, 0.25) is 0 Å². The van der Waals surface area contributed by atoms with E-state index >= 15 is 0 Å². The SMILES string of the molecule is CNc1ncc2c(n1)-c1n[nH]c(C=O)c1CCC2. The molecule has 0 unspecified atom stereocenters. The van der Waals surface area contributed by atoms with Gasteiger partial charge in [0.05, 0.1) is 5.69 Å². The van der Waals surface area contributed by atoms with Crippen molar-refractivity contribution in [2.45, 2.75) is 19.3 Å². The maximum Gasteiger partial charge on any atom is 0.223 e. The third-order valence-corrected chi connectivity index (χ3v) is 3.20. The smallest absolute Gasteiger partial charge is 0.223 e. The average Bonchev–Trinajstić information content (AvgIpc) is 2.73. The molecule has 2 aromatic rings. The van der Waals surface area contributed by atoms with E-state index < -0.39 is 0 Å². The molecule has 2 heterocycles. The second-order valence-electron chi connectivity index (χ2n) is 4.25. The Morgan fingerprint density at radius 1 is 1.39 bits per heavy atom. The minimum absolute atomic E-state index is 0.558. The zero-order valence-corrected chi connectivity index (χ0v) is 10.0. The minimum atomic E-state index is 0.558. The van der Waals surface area contributed by atoms with Gasteiger partial charge in [0.2, 0.25) is 5.95 Å². The number of carbonyl (C=O) groups excluding carboxylic acids is 1. The number of hydrogen-bond acceptors (Lipinski definition) is 5. The van der Waals surface area contributed by atoms with Crippen molar-refractivity contribution < 1.29 is 4.79 Å². The van der Waals surface area contributed by atoms with Gasteiger partial charge in [-0.1, -0.05) is 0 Å². The van der Waals surface area contributed by atoms with Gasteiger partial charge >= 0.3 is 0 Å². The lowest BCUT2D eigenvalue weighted by Crippen LogP contribution is -2.01. The van der Waals surface area contributed by atoms with Crippen LogP contribution in [-0.4, -0.2) is 33.5 Å². The number of rotatable bonds is 2. The van der Waals surface area contributed by atoms with Crippen molar-refractivity contribution in [3.63, 3.8) is 0 Å². The number of nitrogens with one attached hydrogen (secondary N) is 2. The van der Waals surface area contributed by atoms with Gasteiger partial charge in [0.1, 0.15) is 11.4 Å². The summed E-state index contributed by atoms with van der Waals surface area (Å²) in [6.07, 6.45) is 5.37. The third-order valence-electron chi connectivity index (χ3n) is 3.20. The predicted molar refractivity (Wildman–Crippen MR) is 66.6 cm³/mol. The number of hydrogen-bond donors (Lipinski definition) is 2. The Labute approximate surface area is 104 Å². The molecule has 0 saturated heterocycles. The number of aromatic nitrogens is 4. The van der Waals surface area contributed by atoms with Crippen LogP contribution in [0.3, 0.4) is 0 Å². The Morgan fingerprint density at radius 3 is 3.06 bits per heavy atom. The van der Waals surface area contributed by atoms with Gasteiger partial charge in [-0.25, -0.2) is 9.97 Å². The van der Waals surface area contributed by atoms with Crippen molar-refractivity contribution in [2.24, 2.45) is 0 Å². The standard InChI is InChI=1S/C12H13N5O/c1-13-12-14-5-7-3-2-4-8-9(6-18)16-17-11(8)10(7)15-12/h5-6H,2-4H2,1H3,(H,16,17)(H,13,14,15). The molecular formula is C12H13N5O. The topological polar surface area (TPSA) is 83.6 Å². The molecule has 0 saturated carbocycles. The van der Waals surface area contributed by atoms with Crippen molar-refractivity contribution in [2.75, 3.05) is 12.4 Å². The van der Waals surface area contributed by atoms with E-state index in [-0.39, 0.29) is 0 Å². The van der Waals surface area contributed by atoms with Crippen LogP contribution in [0.25, 0.3) is 11.4 Å². The summed E-state index contributed by atoms with van der Waals surface area (Å²) in [6.45, 7) is 0. The summed E-state index contributed by atoms with van der Waals surface area (Å²) >= 11 is 0. The Kier molecular flexibility index (Phi) is 2.55. The second kappa shape index (κ2) is 4.21.